The molecule has 0 aromatic heterocycles. The summed E-state index contributed by atoms with van der Waals surface area (Å²) in [4.78, 5) is 13.0. The molecule has 0 aliphatic rings. The highest BCUT2D eigenvalue weighted by Gasteiger charge is 2.29. The van der Waals surface area contributed by atoms with Gasteiger partial charge in [0.2, 0.25) is 15.9 Å². The summed E-state index contributed by atoms with van der Waals surface area (Å²) in [6.45, 7) is 3.37. The lowest BCUT2D eigenvalue weighted by molar-refractivity contribution is -0.116. The smallest absolute Gasteiger partial charge is 0.261 e. The van der Waals surface area contributed by atoms with Crippen LogP contribution >= 0.6 is 0 Å². The Kier molecular flexibility index (Phi) is 7.24. The lowest BCUT2D eigenvalue weighted by atomic mass is 10.1. The molecule has 0 bridgehead atoms. The van der Waals surface area contributed by atoms with E-state index >= 15 is 0 Å². The first-order valence-electron chi connectivity index (χ1n) is 11.4. The standard InChI is InChI=1S/C27H27N3O5S2/c1-19-11-15-23(16-12-19)30(36(3,32)33)20(2)27(31)28-22-13-17-24(18-14-22)37(34,35)29-26-10-6-8-21-7-4-5-9-25(21)26/h4-18,20,29H,1-3H3,(H,28,31)/t20-/m0/s1. The number of anilines is 3. The molecule has 4 aromatic carbocycles. The first kappa shape index (κ1) is 26.2. The summed E-state index contributed by atoms with van der Waals surface area (Å²) in [7, 11) is -7.64. The van der Waals surface area contributed by atoms with E-state index < -0.39 is 32.0 Å². The quantitative estimate of drug-likeness (QED) is 0.337. The molecule has 0 heterocycles. The van der Waals surface area contributed by atoms with E-state index in [4.69, 9.17) is 0 Å². The van der Waals surface area contributed by atoms with Gasteiger partial charge in [0.1, 0.15) is 6.04 Å². The average molecular weight is 538 g/mol. The van der Waals surface area contributed by atoms with Crippen molar-refractivity contribution in [1.82, 2.24) is 0 Å². The van der Waals surface area contributed by atoms with Crippen molar-refractivity contribution in [3.63, 3.8) is 0 Å². The Bertz CT molecular complexity index is 1650. The van der Waals surface area contributed by atoms with Crippen molar-refractivity contribution in [1.29, 1.82) is 0 Å². The maximum atomic E-state index is 13.0. The second-order valence-electron chi connectivity index (χ2n) is 8.72. The number of benzene rings is 4. The molecular weight excluding hydrogens is 510 g/mol. The van der Waals surface area contributed by atoms with E-state index in [1.54, 1.807) is 36.4 Å². The van der Waals surface area contributed by atoms with Crippen LogP contribution in [0.15, 0.2) is 95.9 Å². The normalized spacial score (nSPS) is 12.6. The molecule has 2 N–H and O–H groups in total. The van der Waals surface area contributed by atoms with Gasteiger partial charge in [-0.1, -0.05) is 54.1 Å². The third-order valence-corrected chi connectivity index (χ3v) is 8.47. The topological polar surface area (TPSA) is 113 Å². The number of hydrogen-bond acceptors (Lipinski definition) is 5. The van der Waals surface area contributed by atoms with Crippen molar-refractivity contribution in [3.8, 4) is 0 Å². The molecule has 10 heteroatoms. The molecule has 4 aromatic rings. The van der Waals surface area contributed by atoms with Gasteiger partial charge in [-0.3, -0.25) is 13.8 Å². The van der Waals surface area contributed by atoms with Gasteiger partial charge in [-0.05, 0) is 61.7 Å². The highest BCUT2D eigenvalue weighted by molar-refractivity contribution is 7.92. The van der Waals surface area contributed by atoms with Gasteiger partial charge >= 0.3 is 0 Å². The Balaban J connectivity index is 1.51. The number of aryl methyl sites for hydroxylation is 1. The second-order valence-corrected chi connectivity index (χ2v) is 12.3. The minimum atomic E-state index is -3.89. The van der Waals surface area contributed by atoms with E-state index in [0.29, 0.717) is 17.1 Å². The Hall–Kier alpha value is -3.89. The lowest BCUT2D eigenvalue weighted by Crippen LogP contribution is -2.45. The molecule has 0 spiro atoms. The van der Waals surface area contributed by atoms with Crippen LogP contribution in [0, 0.1) is 6.92 Å². The van der Waals surface area contributed by atoms with Crippen LogP contribution in [0.5, 0.6) is 0 Å². The summed E-state index contributed by atoms with van der Waals surface area (Å²) in [5.41, 5.74) is 2.12. The number of sulfonamides is 2. The van der Waals surface area contributed by atoms with Crippen LogP contribution in [-0.4, -0.2) is 35.0 Å². The van der Waals surface area contributed by atoms with Gasteiger partial charge < -0.3 is 5.32 Å². The van der Waals surface area contributed by atoms with E-state index in [1.807, 2.05) is 37.3 Å². The number of carbonyl (C=O) groups is 1. The molecule has 1 amide bonds. The maximum absolute atomic E-state index is 13.0. The molecular formula is C27H27N3O5S2. The number of rotatable bonds is 8. The molecule has 0 radical (unpaired) electrons. The maximum Gasteiger partial charge on any atom is 0.261 e. The Morgan fingerprint density at radius 1 is 0.811 bits per heavy atom. The monoisotopic (exact) mass is 537 g/mol. The van der Waals surface area contributed by atoms with Crippen LogP contribution in [-0.2, 0) is 24.8 Å². The van der Waals surface area contributed by atoms with Crippen LogP contribution in [0.4, 0.5) is 17.1 Å². The highest BCUT2D eigenvalue weighted by Crippen LogP contribution is 2.26. The zero-order chi connectivity index (χ0) is 26.8. The molecule has 0 aliphatic carbocycles. The molecule has 37 heavy (non-hydrogen) atoms. The third-order valence-electron chi connectivity index (χ3n) is 5.84. The van der Waals surface area contributed by atoms with Gasteiger partial charge in [-0.2, -0.15) is 0 Å². The fourth-order valence-corrected chi connectivity index (χ4v) is 6.24. The fourth-order valence-electron chi connectivity index (χ4n) is 3.98. The van der Waals surface area contributed by atoms with Crippen molar-refractivity contribution in [2.24, 2.45) is 0 Å². The largest absolute Gasteiger partial charge is 0.324 e. The minimum absolute atomic E-state index is 0.0175. The predicted octanol–water partition coefficient (Wildman–Crippen LogP) is 4.74. The second kappa shape index (κ2) is 10.2. The zero-order valence-corrected chi connectivity index (χ0v) is 22.2. The van der Waals surface area contributed by atoms with Gasteiger partial charge in [-0.25, -0.2) is 16.8 Å². The van der Waals surface area contributed by atoms with Crippen LogP contribution < -0.4 is 14.3 Å². The highest BCUT2D eigenvalue weighted by atomic mass is 32.2. The van der Waals surface area contributed by atoms with Gasteiger partial charge in [0.25, 0.3) is 10.0 Å². The zero-order valence-electron chi connectivity index (χ0n) is 20.5. The van der Waals surface area contributed by atoms with Crippen molar-refractivity contribution < 1.29 is 21.6 Å². The SMILES string of the molecule is Cc1ccc(N([C@@H](C)C(=O)Nc2ccc(S(=O)(=O)Nc3cccc4ccccc34)cc2)S(C)(=O)=O)cc1. The van der Waals surface area contributed by atoms with E-state index in [1.165, 1.54) is 31.2 Å². The first-order valence-corrected chi connectivity index (χ1v) is 14.8. The van der Waals surface area contributed by atoms with E-state index in [0.717, 1.165) is 26.9 Å². The molecule has 0 saturated heterocycles. The van der Waals surface area contributed by atoms with E-state index in [9.17, 15) is 21.6 Å². The summed E-state index contributed by atoms with van der Waals surface area (Å²) in [6, 6.07) is 24.3. The number of hydrogen-bond donors (Lipinski definition) is 2. The first-order chi connectivity index (χ1) is 17.5. The molecule has 0 saturated carbocycles. The summed E-state index contributed by atoms with van der Waals surface area (Å²) >= 11 is 0. The molecule has 4 rings (SSSR count). The third kappa shape index (κ3) is 5.92. The molecule has 0 fully saturated rings. The van der Waals surface area contributed by atoms with Gasteiger partial charge in [0.05, 0.1) is 22.5 Å². The summed E-state index contributed by atoms with van der Waals surface area (Å²) in [5.74, 6) is -0.560. The van der Waals surface area contributed by atoms with Crippen LogP contribution in [0.3, 0.4) is 0 Å². The van der Waals surface area contributed by atoms with Crippen LogP contribution in [0.1, 0.15) is 12.5 Å². The van der Waals surface area contributed by atoms with E-state index in [-0.39, 0.29) is 4.90 Å². The lowest BCUT2D eigenvalue weighted by Gasteiger charge is -2.28. The number of fused-ring (bicyclic) bond motifs is 1. The van der Waals surface area contributed by atoms with Crippen molar-refractivity contribution in [2.45, 2.75) is 24.8 Å². The fraction of sp³-hybridized carbons (Fsp3) is 0.148. The average Bonchev–Trinajstić information content (AvgIpc) is 2.85. The Morgan fingerprint density at radius 3 is 2.08 bits per heavy atom. The van der Waals surface area contributed by atoms with Crippen LogP contribution in [0.2, 0.25) is 0 Å². The predicted molar refractivity (Wildman–Crippen MR) is 148 cm³/mol. The van der Waals surface area contributed by atoms with E-state index in [2.05, 4.69) is 10.0 Å². The summed E-state index contributed by atoms with van der Waals surface area (Å²) in [5, 5.41) is 4.35. The molecule has 192 valence electrons. The summed E-state index contributed by atoms with van der Waals surface area (Å²) in [6.07, 6.45) is 1.04. The van der Waals surface area contributed by atoms with Gasteiger partial charge in [0.15, 0.2) is 0 Å². The van der Waals surface area contributed by atoms with Crippen molar-refractivity contribution >= 4 is 53.8 Å². The Morgan fingerprint density at radius 2 is 1.43 bits per heavy atom. The van der Waals surface area contributed by atoms with Gasteiger partial charge in [0, 0.05) is 11.1 Å². The van der Waals surface area contributed by atoms with Crippen molar-refractivity contribution in [3.05, 3.63) is 96.6 Å². The number of amides is 1. The number of nitrogens with zero attached hydrogens (tertiary/aromatic N) is 1. The summed E-state index contributed by atoms with van der Waals surface area (Å²) < 4.78 is 54.6. The Labute approximate surface area is 217 Å². The molecule has 0 unspecified atom stereocenters. The van der Waals surface area contributed by atoms with Crippen LogP contribution in [0.25, 0.3) is 10.8 Å². The molecule has 0 aliphatic heterocycles. The molecule has 8 nitrogen and oxygen atoms in total. The minimum Gasteiger partial charge on any atom is -0.324 e. The number of carbonyl (C=O) groups excluding carboxylic acids is 1. The van der Waals surface area contributed by atoms with Gasteiger partial charge in [-0.15, -0.1) is 0 Å². The van der Waals surface area contributed by atoms with Crippen molar-refractivity contribution in [2.75, 3.05) is 20.6 Å². The molecule has 1 atom stereocenters. The number of nitrogens with one attached hydrogen (secondary N) is 2.